The van der Waals surface area contributed by atoms with Crippen molar-refractivity contribution in [2.24, 2.45) is 0 Å². The third-order valence-corrected chi connectivity index (χ3v) is 4.06. The molecule has 0 bridgehead atoms. The molecule has 5 heteroatoms. The van der Waals surface area contributed by atoms with Gasteiger partial charge in [-0.3, -0.25) is 4.79 Å². The summed E-state index contributed by atoms with van der Waals surface area (Å²) in [6.07, 6.45) is 0.269. The fourth-order valence-corrected chi connectivity index (χ4v) is 2.93. The summed E-state index contributed by atoms with van der Waals surface area (Å²) in [5.74, 6) is -1.03. The van der Waals surface area contributed by atoms with E-state index in [1.807, 2.05) is 0 Å². The van der Waals surface area contributed by atoms with Crippen LogP contribution in [0.25, 0.3) is 0 Å². The smallest absolute Gasteiger partial charge is 0.229 e. The molecule has 120 valence electrons. The van der Waals surface area contributed by atoms with Crippen LogP contribution in [-0.4, -0.2) is 17.6 Å². The predicted molar refractivity (Wildman–Crippen MR) is 83.1 cm³/mol. The fourth-order valence-electron chi connectivity index (χ4n) is 2.93. The molecule has 1 amide bonds. The van der Waals surface area contributed by atoms with Crippen LogP contribution in [0, 0.1) is 11.6 Å². The highest BCUT2D eigenvalue weighted by Crippen LogP contribution is 2.29. The Labute approximate surface area is 133 Å². The van der Waals surface area contributed by atoms with E-state index in [1.165, 1.54) is 30.3 Å². The SMILES string of the molecule is O=C(CC(O)c1cccc(F)c1)N1CCCc2cc(F)ccc21. The topological polar surface area (TPSA) is 40.5 Å². The van der Waals surface area contributed by atoms with Crippen LogP contribution in [0.5, 0.6) is 0 Å². The summed E-state index contributed by atoms with van der Waals surface area (Å²) in [5.41, 5.74) is 1.86. The molecule has 2 aromatic rings. The van der Waals surface area contributed by atoms with E-state index in [1.54, 1.807) is 17.0 Å². The first-order valence-corrected chi connectivity index (χ1v) is 7.57. The summed E-state index contributed by atoms with van der Waals surface area (Å²) in [4.78, 5) is 14.1. The van der Waals surface area contributed by atoms with Crippen molar-refractivity contribution in [3.63, 3.8) is 0 Å². The third kappa shape index (κ3) is 3.40. The summed E-state index contributed by atoms with van der Waals surface area (Å²) in [6, 6.07) is 9.95. The Kier molecular flexibility index (Phi) is 4.39. The van der Waals surface area contributed by atoms with Gasteiger partial charge in [-0.15, -0.1) is 0 Å². The van der Waals surface area contributed by atoms with E-state index in [2.05, 4.69) is 0 Å². The van der Waals surface area contributed by atoms with Gasteiger partial charge >= 0.3 is 0 Å². The molecule has 1 heterocycles. The minimum Gasteiger partial charge on any atom is -0.388 e. The van der Waals surface area contributed by atoms with Crippen molar-refractivity contribution < 1.29 is 18.7 Å². The van der Waals surface area contributed by atoms with Gasteiger partial charge in [-0.05, 0) is 54.3 Å². The average Bonchev–Trinajstić information content (AvgIpc) is 2.53. The molecule has 0 aliphatic carbocycles. The van der Waals surface area contributed by atoms with Crippen molar-refractivity contribution in [2.75, 3.05) is 11.4 Å². The molecule has 0 saturated heterocycles. The van der Waals surface area contributed by atoms with Crippen LogP contribution < -0.4 is 4.90 Å². The van der Waals surface area contributed by atoms with Gasteiger partial charge in [-0.1, -0.05) is 12.1 Å². The lowest BCUT2D eigenvalue weighted by Crippen LogP contribution is -2.36. The van der Waals surface area contributed by atoms with Crippen LogP contribution in [0.2, 0.25) is 0 Å². The predicted octanol–water partition coefficient (Wildman–Crippen LogP) is 3.37. The molecule has 1 aliphatic heterocycles. The molecule has 0 radical (unpaired) electrons. The number of carbonyl (C=O) groups is 1. The van der Waals surface area contributed by atoms with Crippen molar-refractivity contribution in [3.05, 3.63) is 65.2 Å². The van der Waals surface area contributed by atoms with Crippen LogP contribution >= 0.6 is 0 Å². The molecule has 3 nitrogen and oxygen atoms in total. The first-order chi connectivity index (χ1) is 11.0. The van der Waals surface area contributed by atoms with Gasteiger partial charge in [0.1, 0.15) is 11.6 Å². The highest BCUT2D eigenvalue weighted by atomic mass is 19.1. The number of anilines is 1. The molecule has 1 aliphatic rings. The van der Waals surface area contributed by atoms with Gasteiger partial charge in [0, 0.05) is 12.2 Å². The molecular weight excluding hydrogens is 300 g/mol. The number of aryl methyl sites for hydroxylation is 1. The second-order valence-corrected chi connectivity index (χ2v) is 5.70. The standard InChI is InChI=1S/C18H17F2NO2/c19-14-5-1-3-13(10-14)17(22)11-18(23)21-8-2-4-12-9-15(20)6-7-16(12)21/h1,3,5-7,9-10,17,22H,2,4,8,11H2. The van der Waals surface area contributed by atoms with E-state index < -0.39 is 11.9 Å². The zero-order valence-electron chi connectivity index (χ0n) is 12.5. The number of amides is 1. The lowest BCUT2D eigenvalue weighted by Gasteiger charge is -2.30. The Morgan fingerprint density at radius 1 is 1.17 bits per heavy atom. The van der Waals surface area contributed by atoms with Gasteiger partial charge in [0.2, 0.25) is 5.91 Å². The maximum atomic E-state index is 13.3. The van der Waals surface area contributed by atoms with Crippen molar-refractivity contribution in [2.45, 2.75) is 25.4 Å². The first-order valence-electron chi connectivity index (χ1n) is 7.57. The average molecular weight is 317 g/mol. The Bertz CT molecular complexity index is 733. The van der Waals surface area contributed by atoms with Crippen molar-refractivity contribution in [3.8, 4) is 0 Å². The van der Waals surface area contributed by atoms with Crippen LogP contribution in [0.1, 0.15) is 30.1 Å². The van der Waals surface area contributed by atoms with Gasteiger partial charge in [0.25, 0.3) is 0 Å². The molecule has 1 atom stereocenters. The van der Waals surface area contributed by atoms with Gasteiger partial charge < -0.3 is 10.0 Å². The zero-order chi connectivity index (χ0) is 16.4. The second-order valence-electron chi connectivity index (χ2n) is 5.70. The highest BCUT2D eigenvalue weighted by Gasteiger charge is 2.25. The number of rotatable bonds is 3. The lowest BCUT2D eigenvalue weighted by atomic mass is 10.00. The fraction of sp³-hybridized carbons (Fsp3) is 0.278. The monoisotopic (exact) mass is 317 g/mol. The zero-order valence-corrected chi connectivity index (χ0v) is 12.5. The normalized spacial score (nSPS) is 15.2. The van der Waals surface area contributed by atoms with Crippen LogP contribution in [-0.2, 0) is 11.2 Å². The van der Waals surface area contributed by atoms with Gasteiger partial charge in [0.05, 0.1) is 12.5 Å². The quantitative estimate of drug-likeness (QED) is 0.943. The first kappa shape index (κ1) is 15.6. The Balaban J connectivity index is 1.77. The third-order valence-electron chi connectivity index (χ3n) is 4.06. The van der Waals surface area contributed by atoms with Crippen LogP contribution in [0.4, 0.5) is 14.5 Å². The Hall–Kier alpha value is -2.27. The summed E-state index contributed by atoms with van der Waals surface area (Å²) >= 11 is 0. The van der Waals surface area contributed by atoms with Crippen molar-refractivity contribution in [1.29, 1.82) is 0 Å². The molecule has 2 aromatic carbocycles. The van der Waals surface area contributed by atoms with Gasteiger partial charge in [0.15, 0.2) is 0 Å². The number of aliphatic hydroxyl groups excluding tert-OH is 1. The molecule has 0 aromatic heterocycles. The second kappa shape index (κ2) is 6.46. The van der Waals surface area contributed by atoms with Gasteiger partial charge in [-0.2, -0.15) is 0 Å². The minimum absolute atomic E-state index is 0.139. The number of carbonyl (C=O) groups excluding carboxylic acids is 1. The summed E-state index contributed by atoms with van der Waals surface area (Å²) in [6.45, 7) is 0.535. The number of nitrogens with zero attached hydrogens (tertiary/aromatic N) is 1. The van der Waals surface area contributed by atoms with Crippen LogP contribution in [0.3, 0.4) is 0 Å². The molecule has 0 spiro atoms. The Morgan fingerprint density at radius 3 is 2.74 bits per heavy atom. The number of hydrogen-bond donors (Lipinski definition) is 1. The molecule has 1 N–H and O–H groups in total. The molecule has 1 unspecified atom stereocenters. The molecule has 0 saturated carbocycles. The summed E-state index contributed by atoms with van der Waals surface area (Å²) in [7, 11) is 0. The van der Waals surface area contributed by atoms with Gasteiger partial charge in [-0.25, -0.2) is 8.78 Å². The largest absolute Gasteiger partial charge is 0.388 e. The van der Waals surface area contributed by atoms with E-state index >= 15 is 0 Å². The van der Waals surface area contributed by atoms with E-state index in [4.69, 9.17) is 0 Å². The van der Waals surface area contributed by atoms with E-state index in [-0.39, 0.29) is 18.1 Å². The molecule has 3 rings (SSSR count). The molecule has 0 fully saturated rings. The van der Waals surface area contributed by atoms with Crippen molar-refractivity contribution in [1.82, 2.24) is 0 Å². The highest BCUT2D eigenvalue weighted by molar-refractivity contribution is 5.94. The summed E-state index contributed by atoms with van der Waals surface area (Å²) in [5, 5.41) is 10.2. The Morgan fingerprint density at radius 2 is 1.96 bits per heavy atom. The maximum absolute atomic E-state index is 13.3. The lowest BCUT2D eigenvalue weighted by molar-refractivity contribution is -0.120. The number of hydrogen-bond acceptors (Lipinski definition) is 2. The molecular formula is C18H17F2NO2. The molecule has 23 heavy (non-hydrogen) atoms. The maximum Gasteiger partial charge on any atom is 0.229 e. The van der Waals surface area contributed by atoms with E-state index in [9.17, 15) is 18.7 Å². The van der Waals surface area contributed by atoms with E-state index in [0.29, 0.717) is 17.8 Å². The van der Waals surface area contributed by atoms with Crippen molar-refractivity contribution >= 4 is 11.6 Å². The minimum atomic E-state index is -1.07. The summed E-state index contributed by atoms with van der Waals surface area (Å²) < 4.78 is 26.5. The number of halogens is 2. The van der Waals surface area contributed by atoms with E-state index in [0.717, 1.165) is 18.4 Å². The number of aliphatic hydroxyl groups is 1. The number of benzene rings is 2. The van der Waals surface area contributed by atoms with Crippen LogP contribution in [0.15, 0.2) is 42.5 Å². The number of fused-ring (bicyclic) bond motifs is 1.